The normalized spacial score (nSPS) is 10.8. The first-order valence-electron chi connectivity index (χ1n) is 5.85. The highest BCUT2D eigenvalue weighted by molar-refractivity contribution is 9.10. The predicted molar refractivity (Wildman–Crippen MR) is 77.0 cm³/mol. The van der Waals surface area contributed by atoms with Crippen molar-refractivity contribution in [3.63, 3.8) is 0 Å². The van der Waals surface area contributed by atoms with Gasteiger partial charge in [0.1, 0.15) is 6.33 Å². The van der Waals surface area contributed by atoms with E-state index in [9.17, 15) is 14.6 Å². The van der Waals surface area contributed by atoms with Crippen LogP contribution in [-0.4, -0.2) is 20.2 Å². The van der Waals surface area contributed by atoms with Crippen LogP contribution in [0.2, 0.25) is 0 Å². The third-order valence-corrected chi connectivity index (χ3v) is 3.43. The molecule has 0 aliphatic heterocycles. The van der Waals surface area contributed by atoms with E-state index in [1.54, 1.807) is 12.1 Å². The van der Waals surface area contributed by atoms with Crippen molar-refractivity contribution in [2.24, 2.45) is 0 Å². The lowest BCUT2D eigenvalue weighted by atomic mass is 10.2. The maximum Gasteiger partial charge on any atom is 0.230 e. The molecule has 0 aliphatic carbocycles. The molecule has 3 aromatic rings. The SMILES string of the molecule is Oc1cc2ncnc(Oc3cccc(Br)c3F)c2cc1O. The van der Waals surface area contributed by atoms with E-state index in [0.29, 0.717) is 10.9 Å². The van der Waals surface area contributed by atoms with Crippen molar-refractivity contribution in [1.82, 2.24) is 9.97 Å². The van der Waals surface area contributed by atoms with E-state index in [2.05, 4.69) is 25.9 Å². The molecule has 0 bridgehead atoms. The summed E-state index contributed by atoms with van der Waals surface area (Å²) < 4.78 is 19.6. The van der Waals surface area contributed by atoms with Gasteiger partial charge in [0.25, 0.3) is 0 Å². The van der Waals surface area contributed by atoms with Gasteiger partial charge in [-0.05, 0) is 34.1 Å². The predicted octanol–water partition coefficient (Wildman–Crippen LogP) is 3.73. The van der Waals surface area contributed by atoms with Crippen LogP contribution >= 0.6 is 15.9 Å². The van der Waals surface area contributed by atoms with E-state index < -0.39 is 5.82 Å². The number of fused-ring (bicyclic) bond motifs is 1. The van der Waals surface area contributed by atoms with Crippen molar-refractivity contribution in [2.45, 2.75) is 0 Å². The summed E-state index contributed by atoms with van der Waals surface area (Å²) in [4.78, 5) is 7.90. The summed E-state index contributed by atoms with van der Waals surface area (Å²) >= 11 is 3.07. The number of phenolic OH excluding ortho intramolecular Hbond substituents is 2. The molecule has 2 N–H and O–H groups in total. The van der Waals surface area contributed by atoms with Crippen LogP contribution in [0, 0.1) is 5.82 Å². The second-order valence-corrected chi connectivity index (χ2v) is 5.05. The Labute approximate surface area is 126 Å². The molecule has 3 rings (SSSR count). The standard InChI is InChI=1S/C14H8BrFN2O3/c15-8-2-1-3-12(13(8)16)21-14-7-4-10(19)11(20)5-9(7)17-6-18-14/h1-6,19-20H. The summed E-state index contributed by atoms with van der Waals surface area (Å²) in [5.41, 5.74) is 0.366. The molecule has 5 nitrogen and oxygen atoms in total. The van der Waals surface area contributed by atoms with Crippen LogP contribution in [0.1, 0.15) is 0 Å². The highest BCUT2D eigenvalue weighted by Gasteiger charge is 2.13. The number of rotatable bonds is 2. The minimum absolute atomic E-state index is 0.0167. The van der Waals surface area contributed by atoms with Crippen molar-refractivity contribution in [2.75, 3.05) is 0 Å². The maximum atomic E-state index is 13.9. The minimum atomic E-state index is -0.563. The fourth-order valence-electron chi connectivity index (χ4n) is 1.81. The van der Waals surface area contributed by atoms with E-state index in [1.165, 1.54) is 24.5 Å². The van der Waals surface area contributed by atoms with Crippen molar-refractivity contribution in [1.29, 1.82) is 0 Å². The highest BCUT2D eigenvalue weighted by atomic mass is 79.9. The Morgan fingerprint density at radius 2 is 1.86 bits per heavy atom. The van der Waals surface area contributed by atoms with Gasteiger partial charge in [0.2, 0.25) is 5.88 Å². The Morgan fingerprint density at radius 3 is 2.67 bits per heavy atom. The van der Waals surface area contributed by atoms with Gasteiger partial charge in [-0.15, -0.1) is 0 Å². The summed E-state index contributed by atoms with van der Waals surface area (Å²) in [6.07, 6.45) is 1.23. The smallest absolute Gasteiger partial charge is 0.230 e. The Bertz CT molecular complexity index is 842. The molecule has 0 aliphatic rings. The number of benzene rings is 2. The maximum absolute atomic E-state index is 13.9. The lowest BCUT2D eigenvalue weighted by Crippen LogP contribution is -1.94. The topological polar surface area (TPSA) is 75.5 Å². The van der Waals surface area contributed by atoms with Gasteiger partial charge in [-0.2, -0.15) is 0 Å². The summed E-state index contributed by atoms with van der Waals surface area (Å²) in [6, 6.07) is 7.15. The second-order valence-electron chi connectivity index (χ2n) is 4.19. The van der Waals surface area contributed by atoms with Crippen molar-refractivity contribution in [3.05, 3.63) is 46.9 Å². The molecular formula is C14H8BrFN2O3. The van der Waals surface area contributed by atoms with E-state index in [1.807, 2.05) is 0 Å². The van der Waals surface area contributed by atoms with Crippen molar-refractivity contribution < 1.29 is 19.3 Å². The van der Waals surface area contributed by atoms with Crippen LogP contribution in [0.25, 0.3) is 10.9 Å². The minimum Gasteiger partial charge on any atom is -0.504 e. The largest absolute Gasteiger partial charge is 0.504 e. The molecule has 1 aromatic heterocycles. The molecule has 1 heterocycles. The molecule has 0 radical (unpaired) electrons. The van der Waals surface area contributed by atoms with Crippen LogP contribution < -0.4 is 4.74 Å². The van der Waals surface area contributed by atoms with E-state index in [-0.39, 0.29) is 27.6 Å². The van der Waals surface area contributed by atoms with Crippen LogP contribution in [0.5, 0.6) is 23.1 Å². The lowest BCUT2D eigenvalue weighted by Gasteiger charge is -2.09. The Hall–Kier alpha value is -2.41. The number of ether oxygens (including phenoxy) is 1. The van der Waals surface area contributed by atoms with Gasteiger partial charge in [-0.3, -0.25) is 0 Å². The van der Waals surface area contributed by atoms with Crippen LogP contribution in [-0.2, 0) is 0 Å². The first kappa shape index (κ1) is 13.6. The van der Waals surface area contributed by atoms with E-state index in [4.69, 9.17) is 4.74 Å². The van der Waals surface area contributed by atoms with Gasteiger partial charge in [0.05, 0.1) is 15.4 Å². The first-order chi connectivity index (χ1) is 10.1. The fraction of sp³-hybridized carbons (Fsp3) is 0. The summed E-state index contributed by atoms with van der Waals surface area (Å²) in [5, 5.41) is 19.4. The Kier molecular flexibility index (Phi) is 3.34. The van der Waals surface area contributed by atoms with E-state index in [0.717, 1.165) is 0 Å². The lowest BCUT2D eigenvalue weighted by molar-refractivity contribution is 0.403. The van der Waals surface area contributed by atoms with Gasteiger partial charge in [-0.1, -0.05) is 6.07 Å². The van der Waals surface area contributed by atoms with Crippen molar-refractivity contribution >= 4 is 26.8 Å². The zero-order valence-corrected chi connectivity index (χ0v) is 12.0. The molecule has 7 heteroatoms. The molecule has 2 aromatic carbocycles. The zero-order chi connectivity index (χ0) is 15.0. The van der Waals surface area contributed by atoms with Gasteiger partial charge in [0.15, 0.2) is 23.1 Å². The quantitative estimate of drug-likeness (QED) is 0.688. The molecule has 106 valence electrons. The van der Waals surface area contributed by atoms with Crippen LogP contribution in [0.4, 0.5) is 4.39 Å². The third-order valence-electron chi connectivity index (χ3n) is 2.82. The van der Waals surface area contributed by atoms with E-state index >= 15 is 0 Å². The summed E-state index contributed by atoms with van der Waals surface area (Å²) in [5.74, 6) is -1.14. The Balaban J connectivity index is 2.12. The fourth-order valence-corrected chi connectivity index (χ4v) is 2.15. The average Bonchev–Trinajstić information content (AvgIpc) is 2.46. The Morgan fingerprint density at radius 1 is 1.10 bits per heavy atom. The number of nitrogens with zero attached hydrogens (tertiary/aromatic N) is 2. The van der Waals surface area contributed by atoms with Crippen LogP contribution in [0.3, 0.4) is 0 Å². The number of hydrogen-bond acceptors (Lipinski definition) is 5. The molecule has 21 heavy (non-hydrogen) atoms. The summed E-state index contributed by atoms with van der Waals surface area (Å²) in [7, 11) is 0. The summed E-state index contributed by atoms with van der Waals surface area (Å²) in [6.45, 7) is 0. The molecule has 0 spiro atoms. The number of hydrogen-bond donors (Lipinski definition) is 2. The number of aromatic hydroxyl groups is 2. The number of halogens is 2. The van der Waals surface area contributed by atoms with Gasteiger partial charge in [0, 0.05) is 6.07 Å². The molecule has 0 amide bonds. The third kappa shape index (κ3) is 2.47. The zero-order valence-electron chi connectivity index (χ0n) is 10.4. The average molecular weight is 351 g/mol. The monoisotopic (exact) mass is 350 g/mol. The molecule has 0 unspecified atom stereocenters. The molecule has 0 saturated carbocycles. The second kappa shape index (κ2) is 5.17. The molecule has 0 saturated heterocycles. The number of aromatic nitrogens is 2. The molecule has 0 atom stereocenters. The first-order valence-corrected chi connectivity index (χ1v) is 6.64. The highest BCUT2D eigenvalue weighted by Crippen LogP contribution is 2.35. The number of phenols is 2. The molecule has 0 fully saturated rings. The van der Waals surface area contributed by atoms with Crippen LogP contribution in [0.15, 0.2) is 41.1 Å². The van der Waals surface area contributed by atoms with Crippen molar-refractivity contribution in [3.8, 4) is 23.1 Å². The van der Waals surface area contributed by atoms with Gasteiger partial charge in [-0.25, -0.2) is 14.4 Å². The molecular weight excluding hydrogens is 343 g/mol. The van der Waals surface area contributed by atoms with Gasteiger partial charge < -0.3 is 14.9 Å². The van der Waals surface area contributed by atoms with Gasteiger partial charge >= 0.3 is 0 Å².